The van der Waals surface area contributed by atoms with E-state index in [9.17, 15) is 9.90 Å². The molecule has 0 aromatic rings. The van der Waals surface area contributed by atoms with Gasteiger partial charge in [-0.2, -0.15) is 0 Å². The maximum atomic E-state index is 10.5. The first-order chi connectivity index (χ1) is 4.11. The number of hydrogen-bond acceptors (Lipinski definition) is 3. The Morgan fingerprint density at radius 2 is 2.44 bits per heavy atom. The van der Waals surface area contributed by atoms with Gasteiger partial charge in [0.15, 0.2) is 5.60 Å². The molecular formula is C6H10O3. The van der Waals surface area contributed by atoms with Crippen molar-refractivity contribution in [3.05, 3.63) is 0 Å². The van der Waals surface area contributed by atoms with Crippen LogP contribution in [-0.2, 0) is 9.53 Å². The Labute approximate surface area is 53.6 Å². The third-order valence-electron chi connectivity index (χ3n) is 1.85. The molecule has 0 saturated carbocycles. The average Bonchev–Trinajstić information content (AvgIpc) is 1.87. The van der Waals surface area contributed by atoms with E-state index in [2.05, 4.69) is 4.74 Å². The summed E-state index contributed by atoms with van der Waals surface area (Å²) in [6, 6.07) is 0. The molecule has 9 heavy (non-hydrogen) atoms. The topological polar surface area (TPSA) is 46.5 Å². The molecule has 0 amide bonds. The fourth-order valence-corrected chi connectivity index (χ4v) is 0.900. The molecule has 3 heteroatoms. The quantitative estimate of drug-likeness (QED) is 0.511. The molecule has 0 aromatic heterocycles. The van der Waals surface area contributed by atoms with Crippen LogP contribution in [0.2, 0.25) is 0 Å². The molecule has 1 aliphatic rings. The highest BCUT2D eigenvalue weighted by atomic mass is 16.6. The highest BCUT2D eigenvalue weighted by molar-refractivity contribution is 5.85. The van der Waals surface area contributed by atoms with E-state index in [0.29, 0.717) is 6.42 Å². The summed E-state index contributed by atoms with van der Waals surface area (Å²) in [6.07, 6.45) is 0.113. The Bertz CT molecular complexity index is 143. The van der Waals surface area contributed by atoms with Gasteiger partial charge < -0.3 is 9.84 Å². The maximum Gasteiger partial charge on any atom is 0.342 e. The highest BCUT2D eigenvalue weighted by Gasteiger charge is 2.52. The number of carbonyl (C=O) groups excluding carboxylic acids is 1. The molecule has 2 atom stereocenters. The molecule has 0 radical (unpaired) electrons. The zero-order valence-electron chi connectivity index (χ0n) is 5.55. The standard InChI is InChI=1S/C6H10O3/c1-3-6(8)4(2)9-5(6)7/h4,8H,3H2,1-2H3/t4-,6-/m1/s1. The largest absolute Gasteiger partial charge is 0.457 e. The van der Waals surface area contributed by atoms with Crippen LogP contribution in [0.5, 0.6) is 0 Å². The van der Waals surface area contributed by atoms with Crippen LogP contribution in [-0.4, -0.2) is 22.8 Å². The predicted molar refractivity (Wildman–Crippen MR) is 30.8 cm³/mol. The first kappa shape index (κ1) is 6.55. The summed E-state index contributed by atoms with van der Waals surface area (Å²) < 4.78 is 4.56. The molecule has 0 unspecified atom stereocenters. The lowest BCUT2D eigenvalue weighted by Crippen LogP contribution is -2.60. The van der Waals surface area contributed by atoms with Gasteiger partial charge in [-0.15, -0.1) is 0 Å². The van der Waals surface area contributed by atoms with Gasteiger partial charge in [-0.25, -0.2) is 4.79 Å². The fourth-order valence-electron chi connectivity index (χ4n) is 0.900. The lowest BCUT2D eigenvalue weighted by atomic mass is 9.90. The molecule has 1 aliphatic heterocycles. The summed E-state index contributed by atoms with van der Waals surface area (Å²) in [5.41, 5.74) is -1.18. The van der Waals surface area contributed by atoms with Gasteiger partial charge in [0.2, 0.25) is 0 Å². The van der Waals surface area contributed by atoms with Gasteiger partial charge >= 0.3 is 5.97 Å². The molecule has 0 spiro atoms. The minimum Gasteiger partial charge on any atom is -0.457 e. The lowest BCUT2D eigenvalue weighted by molar-refractivity contribution is -0.225. The highest BCUT2D eigenvalue weighted by Crippen LogP contribution is 2.29. The summed E-state index contributed by atoms with van der Waals surface area (Å²) in [4.78, 5) is 10.5. The second-order valence-electron chi connectivity index (χ2n) is 2.33. The summed E-state index contributed by atoms with van der Waals surface area (Å²) in [6.45, 7) is 3.45. The molecule has 0 aliphatic carbocycles. The summed E-state index contributed by atoms with van der Waals surface area (Å²) in [7, 11) is 0. The molecule has 0 bridgehead atoms. The zero-order valence-corrected chi connectivity index (χ0v) is 5.55. The van der Waals surface area contributed by atoms with Crippen LogP contribution in [0.25, 0.3) is 0 Å². The first-order valence-electron chi connectivity index (χ1n) is 3.04. The molecule has 3 nitrogen and oxygen atoms in total. The third kappa shape index (κ3) is 0.645. The van der Waals surface area contributed by atoms with Gasteiger partial charge in [0.25, 0.3) is 0 Å². The lowest BCUT2D eigenvalue weighted by Gasteiger charge is -2.39. The van der Waals surface area contributed by atoms with Gasteiger partial charge in [0.1, 0.15) is 6.10 Å². The SMILES string of the molecule is CC[C@]1(O)C(=O)O[C@@H]1C. The number of aliphatic hydroxyl groups is 1. The van der Waals surface area contributed by atoms with Crippen LogP contribution in [0.4, 0.5) is 0 Å². The number of ether oxygens (including phenoxy) is 1. The van der Waals surface area contributed by atoms with E-state index in [-0.39, 0.29) is 6.10 Å². The first-order valence-corrected chi connectivity index (χ1v) is 3.04. The van der Waals surface area contributed by atoms with Crippen molar-refractivity contribution in [3.8, 4) is 0 Å². The Kier molecular flexibility index (Phi) is 1.24. The summed E-state index contributed by atoms with van der Waals surface area (Å²) in [5.74, 6) is -0.488. The van der Waals surface area contributed by atoms with Crippen LogP contribution in [0, 0.1) is 0 Å². The normalized spacial score (nSPS) is 41.7. The fraction of sp³-hybridized carbons (Fsp3) is 0.833. The van der Waals surface area contributed by atoms with Crippen molar-refractivity contribution >= 4 is 5.97 Å². The van der Waals surface area contributed by atoms with Gasteiger partial charge in [0.05, 0.1) is 0 Å². The van der Waals surface area contributed by atoms with E-state index in [4.69, 9.17) is 0 Å². The second kappa shape index (κ2) is 1.70. The van der Waals surface area contributed by atoms with Crippen LogP contribution in [0.1, 0.15) is 20.3 Å². The van der Waals surface area contributed by atoms with Crippen LogP contribution < -0.4 is 0 Å². The van der Waals surface area contributed by atoms with Crippen LogP contribution >= 0.6 is 0 Å². The van der Waals surface area contributed by atoms with Crippen LogP contribution in [0.3, 0.4) is 0 Å². The Morgan fingerprint density at radius 1 is 1.89 bits per heavy atom. The summed E-state index contributed by atoms with van der Waals surface area (Å²) >= 11 is 0. The van der Waals surface area contributed by atoms with Gasteiger partial charge in [-0.3, -0.25) is 0 Å². The number of cyclic esters (lactones) is 1. The Balaban J connectivity index is 2.66. The Morgan fingerprint density at radius 3 is 2.56 bits per heavy atom. The average molecular weight is 130 g/mol. The van der Waals surface area contributed by atoms with Crippen molar-refractivity contribution in [2.45, 2.75) is 32.0 Å². The van der Waals surface area contributed by atoms with Crippen molar-refractivity contribution in [2.75, 3.05) is 0 Å². The molecule has 1 saturated heterocycles. The smallest absolute Gasteiger partial charge is 0.342 e. The van der Waals surface area contributed by atoms with Crippen molar-refractivity contribution in [1.29, 1.82) is 0 Å². The van der Waals surface area contributed by atoms with E-state index >= 15 is 0 Å². The zero-order chi connectivity index (χ0) is 7.07. The number of carbonyl (C=O) groups is 1. The predicted octanol–water partition coefficient (Wildman–Crippen LogP) is 0.0728. The van der Waals surface area contributed by atoms with E-state index < -0.39 is 11.6 Å². The monoisotopic (exact) mass is 130 g/mol. The van der Waals surface area contributed by atoms with E-state index in [1.54, 1.807) is 13.8 Å². The van der Waals surface area contributed by atoms with Crippen LogP contribution in [0.15, 0.2) is 0 Å². The van der Waals surface area contributed by atoms with Gasteiger partial charge in [-0.1, -0.05) is 6.92 Å². The minimum absolute atomic E-state index is 0.324. The van der Waals surface area contributed by atoms with Crippen molar-refractivity contribution in [3.63, 3.8) is 0 Å². The maximum absolute atomic E-state index is 10.5. The molecule has 0 aromatic carbocycles. The van der Waals surface area contributed by atoms with Crippen molar-refractivity contribution in [1.82, 2.24) is 0 Å². The molecular weight excluding hydrogens is 120 g/mol. The molecule has 1 fully saturated rings. The number of esters is 1. The molecule has 1 heterocycles. The Hall–Kier alpha value is -0.570. The molecule has 52 valence electrons. The van der Waals surface area contributed by atoms with Crippen molar-refractivity contribution < 1.29 is 14.6 Å². The van der Waals surface area contributed by atoms with Gasteiger partial charge in [0, 0.05) is 0 Å². The van der Waals surface area contributed by atoms with Gasteiger partial charge in [-0.05, 0) is 13.3 Å². The molecule has 1 rings (SSSR count). The summed E-state index contributed by atoms with van der Waals surface area (Å²) in [5, 5.41) is 9.28. The molecule has 1 N–H and O–H groups in total. The van der Waals surface area contributed by atoms with E-state index in [1.807, 2.05) is 0 Å². The minimum atomic E-state index is -1.18. The van der Waals surface area contributed by atoms with E-state index in [0.717, 1.165) is 0 Å². The number of hydrogen-bond donors (Lipinski definition) is 1. The second-order valence-corrected chi connectivity index (χ2v) is 2.33. The van der Waals surface area contributed by atoms with E-state index in [1.165, 1.54) is 0 Å². The van der Waals surface area contributed by atoms with Crippen molar-refractivity contribution in [2.24, 2.45) is 0 Å². The number of rotatable bonds is 1. The third-order valence-corrected chi connectivity index (χ3v) is 1.85.